The van der Waals surface area contributed by atoms with E-state index < -0.39 is 18.4 Å². The first-order chi connectivity index (χ1) is 10.2. The largest absolute Gasteiger partial charge is 0.573 e. The molecular formula is C13H13F3N2O4. The van der Waals surface area contributed by atoms with Gasteiger partial charge in [0, 0.05) is 18.8 Å². The standard InChI is InChI=1S/C13H13F3N2O4/c14-13(15,16)22-10-3-1-9(2-4-10)17-11(19)8-5-6-18(7-8)12(20)21/h1-4,8H,5-7H2,(H,17,19)(H,20,21)/t8-/m1/s1. The summed E-state index contributed by atoms with van der Waals surface area (Å²) in [5.74, 6) is -1.22. The van der Waals surface area contributed by atoms with Crippen LogP contribution in [0.3, 0.4) is 0 Å². The van der Waals surface area contributed by atoms with Crippen LogP contribution >= 0.6 is 0 Å². The van der Waals surface area contributed by atoms with Gasteiger partial charge in [0.2, 0.25) is 5.91 Å². The van der Waals surface area contributed by atoms with Gasteiger partial charge >= 0.3 is 12.5 Å². The third kappa shape index (κ3) is 4.27. The Morgan fingerprint density at radius 1 is 1.27 bits per heavy atom. The van der Waals surface area contributed by atoms with E-state index in [9.17, 15) is 22.8 Å². The molecule has 1 aliphatic heterocycles. The summed E-state index contributed by atoms with van der Waals surface area (Å²) in [7, 11) is 0. The number of anilines is 1. The molecule has 0 bridgehead atoms. The van der Waals surface area contributed by atoms with Crippen molar-refractivity contribution >= 4 is 17.7 Å². The molecule has 9 heteroatoms. The summed E-state index contributed by atoms with van der Waals surface area (Å²) in [6.07, 6.45) is -5.44. The van der Waals surface area contributed by atoms with E-state index >= 15 is 0 Å². The first-order valence-corrected chi connectivity index (χ1v) is 6.39. The van der Waals surface area contributed by atoms with Crippen molar-refractivity contribution in [2.75, 3.05) is 18.4 Å². The minimum atomic E-state index is -4.77. The number of benzene rings is 1. The molecule has 0 spiro atoms. The minimum Gasteiger partial charge on any atom is -0.465 e. The first-order valence-electron chi connectivity index (χ1n) is 6.39. The summed E-state index contributed by atoms with van der Waals surface area (Å²) >= 11 is 0. The summed E-state index contributed by atoms with van der Waals surface area (Å²) < 4.78 is 39.8. The van der Waals surface area contributed by atoms with Gasteiger partial charge in [0.25, 0.3) is 0 Å². The number of nitrogens with one attached hydrogen (secondary N) is 1. The SMILES string of the molecule is O=C(Nc1ccc(OC(F)(F)F)cc1)[C@@H]1CCN(C(=O)O)C1. The second kappa shape index (κ2) is 6.12. The van der Waals surface area contributed by atoms with Crippen LogP contribution in [0, 0.1) is 5.92 Å². The Labute approximate surface area is 123 Å². The number of hydrogen-bond acceptors (Lipinski definition) is 3. The molecule has 6 nitrogen and oxygen atoms in total. The van der Waals surface area contributed by atoms with Gasteiger partial charge in [0.1, 0.15) is 5.75 Å². The van der Waals surface area contributed by atoms with Gasteiger partial charge in [0.05, 0.1) is 5.92 Å². The third-order valence-electron chi connectivity index (χ3n) is 3.18. The summed E-state index contributed by atoms with van der Waals surface area (Å²) in [6, 6.07) is 4.73. The van der Waals surface area contributed by atoms with Crippen LogP contribution < -0.4 is 10.1 Å². The van der Waals surface area contributed by atoms with Crippen LogP contribution in [0.25, 0.3) is 0 Å². The van der Waals surface area contributed by atoms with Gasteiger partial charge in [-0.25, -0.2) is 4.79 Å². The molecule has 1 saturated heterocycles. The number of likely N-dealkylation sites (tertiary alicyclic amines) is 1. The summed E-state index contributed by atoms with van der Waals surface area (Å²) in [5.41, 5.74) is 0.313. The highest BCUT2D eigenvalue weighted by Crippen LogP contribution is 2.24. The van der Waals surface area contributed by atoms with Crippen molar-refractivity contribution in [1.29, 1.82) is 0 Å². The molecule has 0 saturated carbocycles. The van der Waals surface area contributed by atoms with E-state index in [1.807, 2.05) is 0 Å². The maximum absolute atomic E-state index is 12.0. The predicted octanol–water partition coefficient (Wildman–Crippen LogP) is 2.52. The van der Waals surface area contributed by atoms with Crippen molar-refractivity contribution in [3.63, 3.8) is 0 Å². The molecular weight excluding hydrogens is 305 g/mol. The monoisotopic (exact) mass is 318 g/mol. The fourth-order valence-electron chi connectivity index (χ4n) is 2.13. The highest BCUT2D eigenvalue weighted by Gasteiger charge is 2.32. The minimum absolute atomic E-state index is 0.108. The molecule has 0 unspecified atom stereocenters. The van der Waals surface area contributed by atoms with E-state index in [4.69, 9.17) is 5.11 Å². The number of alkyl halides is 3. The van der Waals surface area contributed by atoms with E-state index in [-0.39, 0.29) is 24.7 Å². The molecule has 2 rings (SSSR count). The Bertz CT molecular complexity index is 559. The van der Waals surface area contributed by atoms with Gasteiger partial charge in [-0.05, 0) is 30.7 Å². The van der Waals surface area contributed by atoms with E-state index in [1.54, 1.807) is 0 Å². The number of halogens is 3. The van der Waals surface area contributed by atoms with Crippen molar-refractivity contribution in [3.8, 4) is 5.75 Å². The average molecular weight is 318 g/mol. The molecule has 1 fully saturated rings. The fraction of sp³-hybridized carbons (Fsp3) is 0.385. The molecule has 1 aromatic rings. The number of carbonyl (C=O) groups is 2. The maximum Gasteiger partial charge on any atom is 0.573 e. The predicted molar refractivity (Wildman–Crippen MR) is 69.5 cm³/mol. The van der Waals surface area contributed by atoms with Crippen molar-refractivity contribution in [3.05, 3.63) is 24.3 Å². The van der Waals surface area contributed by atoms with Crippen LogP contribution in [0.15, 0.2) is 24.3 Å². The molecule has 1 aliphatic rings. The lowest BCUT2D eigenvalue weighted by Gasteiger charge is -2.13. The Kier molecular flexibility index (Phi) is 4.43. The molecule has 0 radical (unpaired) electrons. The smallest absolute Gasteiger partial charge is 0.465 e. The summed E-state index contributed by atoms with van der Waals surface area (Å²) in [4.78, 5) is 23.9. The third-order valence-corrected chi connectivity index (χ3v) is 3.18. The van der Waals surface area contributed by atoms with Crippen LogP contribution in [-0.4, -0.2) is 41.5 Å². The summed E-state index contributed by atoms with van der Waals surface area (Å²) in [5, 5.41) is 11.4. The van der Waals surface area contributed by atoms with Crippen molar-refractivity contribution in [2.24, 2.45) is 5.92 Å². The second-order valence-corrected chi connectivity index (χ2v) is 4.78. The van der Waals surface area contributed by atoms with Gasteiger partial charge in [0.15, 0.2) is 0 Å². The molecule has 2 N–H and O–H groups in total. The molecule has 0 aliphatic carbocycles. The topological polar surface area (TPSA) is 78.9 Å². The highest BCUT2D eigenvalue weighted by atomic mass is 19.4. The zero-order chi connectivity index (χ0) is 16.3. The number of hydrogen-bond donors (Lipinski definition) is 2. The number of amides is 2. The zero-order valence-electron chi connectivity index (χ0n) is 11.3. The van der Waals surface area contributed by atoms with Crippen molar-refractivity contribution < 1.29 is 32.6 Å². The van der Waals surface area contributed by atoms with E-state index in [0.29, 0.717) is 12.1 Å². The lowest BCUT2D eigenvalue weighted by molar-refractivity contribution is -0.274. The van der Waals surface area contributed by atoms with Crippen LogP contribution in [0.1, 0.15) is 6.42 Å². The molecule has 1 atom stereocenters. The lowest BCUT2D eigenvalue weighted by atomic mass is 10.1. The van der Waals surface area contributed by atoms with Crippen molar-refractivity contribution in [1.82, 2.24) is 4.90 Å². The van der Waals surface area contributed by atoms with Crippen LogP contribution in [0.4, 0.5) is 23.7 Å². The number of ether oxygens (including phenoxy) is 1. The van der Waals surface area contributed by atoms with Crippen LogP contribution in [0.2, 0.25) is 0 Å². The average Bonchev–Trinajstić information content (AvgIpc) is 2.89. The highest BCUT2D eigenvalue weighted by molar-refractivity contribution is 5.93. The van der Waals surface area contributed by atoms with E-state index in [0.717, 1.165) is 17.0 Å². The van der Waals surface area contributed by atoms with E-state index in [1.165, 1.54) is 12.1 Å². The molecule has 120 valence electrons. The maximum atomic E-state index is 12.0. The van der Waals surface area contributed by atoms with Gasteiger partial charge in [-0.1, -0.05) is 0 Å². The first kappa shape index (κ1) is 15.9. The lowest BCUT2D eigenvalue weighted by Crippen LogP contribution is -2.30. The molecule has 0 aromatic heterocycles. The second-order valence-electron chi connectivity index (χ2n) is 4.78. The Morgan fingerprint density at radius 3 is 2.41 bits per heavy atom. The van der Waals surface area contributed by atoms with Gasteiger partial charge in [-0.15, -0.1) is 13.2 Å². The Hall–Kier alpha value is -2.45. The normalized spacial score (nSPS) is 18.1. The number of rotatable bonds is 3. The molecule has 1 aromatic carbocycles. The zero-order valence-corrected chi connectivity index (χ0v) is 11.3. The van der Waals surface area contributed by atoms with Gasteiger partial charge < -0.3 is 20.1 Å². The summed E-state index contributed by atoms with van der Waals surface area (Å²) in [6.45, 7) is 0.391. The van der Waals surface area contributed by atoms with Crippen LogP contribution in [0.5, 0.6) is 5.75 Å². The Balaban J connectivity index is 1.91. The fourth-order valence-corrected chi connectivity index (χ4v) is 2.13. The quantitative estimate of drug-likeness (QED) is 0.897. The number of nitrogens with zero attached hydrogens (tertiary/aromatic N) is 1. The Morgan fingerprint density at radius 2 is 1.91 bits per heavy atom. The van der Waals surface area contributed by atoms with Crippen molar-refractivity contribution in [2.45, 2.75) is 12.8 Å². The van der Waals surface area contributed by atoms with E-state index in [2.05, 4.69) is 10.1 Å². The van der Waals surface area contributed by atoms with Crippen LogP contribution in [-0.2, 0) is 4.79 Å². The van der Waals surface area contributed by atoms with Gasteiger partial charge in [-0.2, -0.15) is 0 Å². The van der Waals surface area contributed by atoms with Gasteiger partial charge in [-0.3, -0.25) is 4.79 Å². The molecule has 2 amide bonds. The molecule has 1 heterocycles. The number of carboxylic acid groups (broad SMARTS) is 1. The molecule has 22 heavy (non-hydrogen) atoms. The number of carbonyl (C=O) groups excluding carboxylic acids is 1.